The average Bonchev–Trinajstić information content (AvgIpc) is 3.18. The Labute approximate surface area is 178 Å². The van der Waals surface area contributed by atoms with Gasteiger partial charge in [-0.2, -0.15) is 0 Å². The van der Waals surface area contributed by atoms with Crippen LogP contribution in [-0.2, 0) is 19.4 Å². The predicted octanol–water partition coefficient (Wildman–Crippen LogP) is 4.30. The number of hydrogen-bond donors (Lipinski definition) is 2. The molecule has 0 radical (unpaired) electrons. The summed E-state index contributed by atoms with van der Waals surface area (Å²) in [5, 5.41) is 5.57. The Morgan fingerprint density at radius 2 is 1.53 bits per heavy atom. The number of hydrogen-bond acceptors (Lipinski definition) is 4. The molecule has 1 aliphatic carbocycles. The van der Waals surface area contributed by atoms with Crippen molar-refractivity contribution in [3.8, 4) is 0 Å². The third-order valence-corrected chi connectivity index (χ3v) is 8.51. The van der Waals surface area contributed by atoms with Crippen molar-refractivity contribution in [2.75, 3.05) is 10.6 Å². The van der Waals surface area contributed by atoms with Crippen molar-refractivity contribution in [3.05, 3.63) is 53.1 Å². The van der Waals surface area contributed by atoms with Crippen LogP contribution in [-0.4, -0.2) is 25.0 Å². The van der Waals surface area contributed by atoms with E-state index in [0.29, 0.717) is 48.2 Å². The van der Waals surface area contributed by atoms with E-state index in [9.17, 15) is 18.0 Å². The number of anilines is 2. The molecule has 30 heavy (non-hydrogen) atoms. The van der Waals surface area contributed by atoms with E-state index in [1.54, 1.807) is 44.2 Å². The maximum absolute atomic E-state index is 13.7. The fraction of sp³-hybridized carbons (Fsp3) is 0.391. The second-order valence-corrected chi connectivity index (χ2v) is 10.3. The summed E-state index contributed by atoms with van der Waals surface area (Å²) in [5.74, 6) is -0.727. The molecule has 0 unspecified atom stereocenters. The minimum atomic E-state index is -3.90. The van der Waals surface area contributed by atoms with E-state index < -0.39 is 20.5 Å². The normalized spacial score (nSPS) is 15.6. The molecule has 160 valence electrons. The summed E-state index contributed by atoms with van der Waals surface area (Å²) >= 11 is 0. The van der Waals surface area contributed by atoms with Crippen LogP contribution in [0.2, 0.25) is 0 Å². The first-order valence-electron chi connectivity index (χ1n) is 10.1. The quantitative estimate of drug-likeness (QED) is 0.743. The van der Waals surface area contributed by atoms with Gasteiger partial charge in [0, 0.05) is 18.3 Å². The van der Waals surface area contributed by atoms with Crippen molar-refractivity contribution in [3.63, 3.8) is 0 Å². The highest BCUT2D eigenvalue weighted by atomic mass is 32.2. The summed E-state index contributed by atoms with van der Waals surface area (Å²) < 4.78 is 26.0. The minimum Gasteiger partial charge on any atom is -0.326 e. The van der Waals surface area contributed by atoms with Gasteiger partial charge in [-0.25, -0.2) is 8.42 Å². The lowest BCUT2D eigenvalue weighted by molar-refractivity contribution is -0.118. The zero-order valence-electron chi connectivity index (χ0n) is 17.8. The maximum Gasteiger partial charge on any atom is 0.246 e. The molecule has 6 nitrogen and oxygen atoms in total. The van der Waals surface area contributed by atoms with Gasteiger partial charge in [-0.3, -0.25) is 9.59 Å². The summed E-state index contributed by atoms with van der Waals surface area (Å²) in [7, 11) is -3.90. The molecule has 1 saturated carbocycles. The lowest BCUT2D eigenvalue weighted by Crippen LogP contribution is -2.47. The monoisotopic (exact) mass is 428 g/mol. The molecule has 1 fully saturated rings. The van der Waals surface area contributed by atoms with Gasteiger partial charge in [-0.1, -0.05) is 31.0 Å². The molecule has 1 aliphatic rings. The molecule has 3 rings (SSSR count). The second-order valence-electron chi connectivity index (χ2n) is 8.09. The van der Waals surface area contributed by atoms with Crippen LogP contribution in [0.5, 0.6) is 0 Å². The zero-order chi connectivity index (χ0) is 22.1. The third kappa shape index (κ3) is 3.86. The molecule has 2 aromatic rings. The number of nitrogens with one attached hydrogen (secondary N) is 2. The van der Waals surface area contributed by atoms with E-state index >= 15 is 0 Å². The molecular formula is C23H28N2O4S. The van der Waals surface area contributed by atoms with Gasteiger partial charge in [-0.15, -0.1) is 0 Å². The molecule has 0 heterocycles. The second kappa shape index (κ2) is 8.22. The largest absolute Gasteiger partial charge is 0.326 e. The standard InChI is InChI=1S/C23H28N2O4S/c1-15-10-11-16(2)21(14-15)30(28,29)23(12-5-6-13-23)22(27)25-20-9-7-8-19(17(20)3)24-18(4)26/h7-11,14H,5-6,12-13H2,1-4H3,(H,24,26)(H,25,27). The predicted molar refractivity (Wildman–Crippen MR) is 118 cm³/mol. The van der Waals surface area contributed by atoms with Crippen LogP contribution in [0.1, 0.15) is 49.3 Å². The van der Waals surface area contributed by atoms with Gasteiger partial charge in [0.1, 0.15) is 0 Å². The summed E-state index contributed by atoms with van der Waals surface area (Å²) in [6, 6.07) is 10.5. The summed E-state index contributed by atoms with van der Waals surface area (Å²) in [5.41, 5.74) is 3.24. The van der Waals surface area contributed by atoms with Crippen molar-refractivity contribution < 1.29 is 18.0 Å². The fourth-order valence-corrected chi connectivity index (χ4v) is 6.48. The third-order valence-electron chi connectivity index (χ3n) is 5.87. The van der Waals surface area contributed by atoms with E-state index in [1.807, 2.05) is 13.0 Å². The van der Waals surface area contributed by atoms with Gasteiger partial charge in [0.15, 0.2) is 14.6 Å². The van der Waals surface area contributed by atoms with Crippen molar-refractivity contribution in [2.24, 2.45) is 0 Å². The van der Waals surface area contributed by atoms with E-state index in [4.69, 9.17) is 0 Å². The van der Waals surface area contributed by atoms with Crippen LogP contribution in [0.25, 0.3) is 0 Å². The molecular weight excluding hydrogens is 400 g/mol. The SMILES string of the molecule is CC(=O)Nc1cccc(NC(=O)C2(S(=O)(=O)c3cc(C)ccc3C)CCCC2)c1C. The molecule has 2 N–H and O–H groups in total. The van der Waals surface area contributed by atoms with Gasteiger partial charge in [0.05, 0.1) is 4.90 Å². The molecule has 0 atom stereocenters. The van der Waals surface area contributed by atoms with Gasteiger partial charge in [0.25, 0.3) is 0 Å². The van der Waals surface area contributed by atoms with Crippen LogP contribution in [0.3, 0.4) is 0 Å². The first-order valence-corrected chi connectivity index (χ1v) is 11.6. The van der Waals surface area contributed by atoms with Crippen LogP contribution in [0, 0.1) is 20.8 Å². The van der Waals surface area contributed by atoms with Gasteiger partial charge in [0.2, 0.25) is 11.8 Å². The highest BCUT2D eigenvalue weighted by Gasteiger charge is 2.53. The van der Waals surface area contributed by atoms with Gasteiger partial charge < -0.3 is 10.6 Å². The highest BCUT2D eigenvalue weighted by molar-refractivity contribution is 7.93. The van der Waals surface area contributed by atoms with E-state index in [2.05, 4.69) is 10.6 Å². The maximum atomic E-state index is 13.7. The van der Waals surface area contributed by atoms with Gasteiger partial charge in [-0.05, 0) is 68.5 Å². The van der Waals surface area contributed by atoms with Crippen molar-refractivity contribution >= 4 is 33.0 Å². The van der Waals surface area contributed by atoms with Crippen LogP contribution in [0.4, 0.5) is 11.4 Å². The Morgan fingerprint density at radius 3 is 2.13 bits per heavy atom. The molecule has 0 aromatic heterocycles. The molecule has 7 heteroatoms. The molecule has 0 saturated heterocycles. The summed E-state index contributed by atoms with van der Waals surface area (Å²) in [6.07, 6.45) is 1.95. The Balaban J connectivity index is 2.02. The number of rotatable bonds is 5. The van der Waals surface area contributed by atoms with Gasteiger partial charge >= 0.3 is 0 Å². The average molecular weight is 429 g/mol. The zero-order valence-corrected chi connectivity index (χ0v) is 18.7. The molecule has 0 aliphatic heterocycles. The topological polar surface area (TPSA) is 92.3 Å². The number of aryl methyl sites for hydroxylation is 2. The number of carbonyl (C=O) groups is 2. The van der Waals surface area contributed by atoms with Crippen molar-refractivity contribution in [1.29, 1.82) is 0 Å². The van der Waals surface area contributed by atoms with Crippen LogP contribution >= 0.6 is 0 Å². The number of sulfone groups is 1. The molecule has 2 amide bonds. The van der Waals surface area contributed by atoms with E-state index in [1.165, 1.54) is 6.92 Å². The molecule has 2 aromatic carbocycles. The number of amides is 2. The summed E-state index contributed by atoms with van der Waals surface area (Å²) in [4.78, 5) is 25.1. The first kappa shape index (κ1) is 22.0. The summed E-state index contributed by atoms with van der Waals surface area (Å²) in [6.45, 7) is 6.79. The fourth-order valence-electron chi connectivity index (χ4n) is 4.10. The minimum absolute atomic E-state index is 0.216. The van der Waals surface area contributed by atoms with Crippen molar-refractivity contribution in [2.45, 2.75) is 63.0 Å². The van der Waals surface area contributed by atoms with Crippen molar-refractivity contribution in [1.82, 2.24) is 0 Å². The Kier molecular flexibility index (Phi) is 6.04. The number of carbonyl (C=O) groups excluding carboxylic acids is 2. The van der Waals surface area contributed by atoms with E-state index in [0.717, 1.165) is 5.56 Å². The lowest BCUT2D eigenvalue weighted by atomic mass is 10.1. The first-order chi connectivity index (χ1) is 14.1. The highest BCUT2D eigenvalue weighted by Crippen LogP contribution is 2.42. The van der Waals surface area contributed by atoms with Crippen LogP contribution in [0.15, 0.2) is 41.3 Å². The Bertz CT molecular complexity index is 1100. The Morgan fingerprint density at radius 1 is 0.933 bits per heavy atom. The Hall–Kier alpha value is -2.67. The number of benzene rings is 2. The van der Waals surface area contributed by atoms with Crippen LogP contribution < -0.4 is 10.6 Å². The molecule has 0 spiro atoms. The smallest absolute Gasteiger partial charge is 0.246 e. The van der Waals surface area contributed by atoms with E-state index in [-0.39, 0.29) is 10.8 Å². The lowest BCUT2D eigenvalue weighted by Gasteiger charge is -2.29. The molecule has 0 bridgehead atoms.